The van der Waals surface area contributed by atoms with Crippen LogP contribution in [0.1, 0.15) is 11.1 Å². The van der Waals surface area contributed by atoms with Gasteiger partial charge in [0.25, 0.3) is 0 Å². The van der Waals surface area contributed by atoms with Crippen molar-refractivity contribution >= 4 is 10.8 Å². The first-order chi connectivity index (χ1) is 6.31. The zero-order chi connectivity index (χ0) is 9.26. The first kappa shape index (κ1) is 8.27. The number of hydrogen-bond acceptors (Lipinski definition) is 1. The average Bonchev–Trinajstić information content (AvgIpc) is 2.17. The minimum atomic E-state index is 0.122. The number of aliphatic hydroxyl groups excluding tert-OH is 1. The monoisotopic (exact) mass is 172 g/mol. The molecule has 2 aromatic carbocycles. The Kier molecular flexibility index (Phi) is 2.03. The summed E-state index contributed by atoms with van der Waals surface area (Å²) in [5.41, 5.74) is 2.17. The Labute approximate surface area is 77.6 Å². The van der Waals surface area contributed by atoms with E-state index in [-0.39, 0.29) is 6.61 Å². The second-order valence-corrected chi connectivity index (χ2v) is 3.28. The summed E-state index contributed by atoms with van der Waals surface area (Å²) in [4.78, 5) is 0. The zero-order valence-electron chi connectivity index (χ0n) is 7.62. The van der Waals surface area contributed by atoms with Crippen molar-refractivity contribution in [2.24, 2.45) is 0 Å². The SMILES string of the molecule is Cc1cc2ccccc2cc1CO. The van der Waals surface area contributed by atoms with Crippen LogP contribution in [-0.2, 0) is 6.61 Å². The Balaban J connectivity index is 2.74. The van der Waals surface area contributed by atoms with Gasteiger partial charge in [0.1, 0.15) is 0 Å². The predicted molar refractivity (Wildman–Crippen MR) is 54.6 cm³/mol. The van der Waals surface area contributed by atoms with Crippen molar-refractivity contribution in [3.8, 4) is 0 Å². The third-order valence-electron chi connectivity index (χ3n) is 2.37. The normalized spacial score (nSPS) is 10.6. The lowest BCUT2D eigenvalue weighted by Gasteiger charge is -2.04. The largest absolute Gasteiger partial charge is 0.392 e. The van der Waals surface area contributed by atoms with Crippen LogP contribution < -0.4 is 0 Å². The summed E-state index contributed by atoms with van der Waals surface area (Å²) in [6, 6.07) is 12.3. The van der Waals surface area contributed by atoms with E-state index in [1.54, 1.807) is 0 Å². The van der Waals surface area contributed by atoms with Gasteiger partial charge in [-0.15, -0.1) is 0 Å². The number of fused-ring (bicyclic) bond motifs is 1. The Morgan fingerprint density at radius 2 is 1.69 bits per heavy atom. The van der Waals surface area contributed by atoms with Crippen LogP contribution in [0.4, 0.5) is 0 Å². The second-order valence-electron chi connectivity index (χ2n) is 3.28. The molecular weight excluding hydrogens is 160 g/mol. The quantitative estimate of drug-likeness (QED) is 0.701. The van der Waals surface area contributed by atoms with Gasteiger partial charge in [-0.1, -0.05) is 30.3 Å². The first-order valence-electron chi connectivity index (χ1n) is 4.40. The maximum absolute atomic E-state index is 9.08. The van der Waals surface area contributed by atoms with Crippen molar-refractivity contribution in [3.05, 3.63) is 47.5 Å². The van der Waals surface area contributed by atoms with Crippen LogP contribution in [0.5, 0.6) is 0 Å². The molecule has 0 aliphatic heterocycles. The van der Waals surface area contributed by atoms with Crippen LogP contribution in [-0.4, -0.2) is 5.11 Å². The summed E-state index contributed by atoms with van der Waals surface area (Å²) in [6.45, 7) is 2.15. The number of hydrogen-bond donors (Lipinski definition) is 1. The number of benzene rings is 2. The molecule has 0 saturated carbocycles. The highest BCUT2D eigenvalue weighted by Gasteiger charge is 1.98. The molecule has 0 heterocycles. The van der Waals surface area contributed by atoms with Crippen molar-refractivity contribution in [2.45, 2.75) is 13.5 Å². The van der Waals surface area contributed by atoms with E-state index in [0.29, 0.717) is 0 Å². The molecule has 0 fully saturated rings. The van der Waals surface area contributed by atoms with Crippen molar-refractivity contribution in [2.75, 3.05) is 0 Å². The summed E-state index contributed by atoms with van der Waals surface area (Å²) in [5.74, 6) is 0. The Bertz CT molecular complexity index is 432. The van der Waals surface area contributed by atoms with Gasteiger partial charge >= 0.3 is 0 Å². The van der Waals surface area contributed by atoms with Crippen molar-refractivity contribution in [1.29, 1.82) is 0 Å². The smallest absolute Gasteiger partial charge is 0.0684 e. The summed E-state index contributed by atoms with van der Waals surface area (Å²) < 4.78 is 0. The molecule has 0 unspecified atom stereocenters. The van der Waals surface area contributed by atoms with Crippen LogP contribution in [0.25, 0.3) is 10.8 Å². The van der Waals surface area contributed by atoms with E-state index in [4.69, 9.17) is 5.11 Å². The van der Waals surface area contributed by atoms with E-state index in [9.17, 15) is 0 Å². The van der Waals surface area contributed by atoms with Gasteiger partial charge in [0, 0.05) is 0 Å². The molecule has 0 amide bonds. The molecule has 2 rings (SSSR count). The minimum absolute atomic E-state index is 0.122. The minimum Gasteiger partial charge on any atom is -0.392 e. The second kappa shape index (κ2) is 3.19. The summed E-state index contributed by atoms with van der Waals surface area (Å²) in [6.07, 6.45) is 0. The van der Waals surface area contributed by atoms with Crippen molar-refractivity contribution in [1.82, 2.24) is 0 Å². The van der Waals surface area contributed by atoms with E-state index in [1.807, 2.05) is 25.1 Å². The van der Waals surface area contributed by atoms with Crippen LogP contribution in [0.3, 0.4) is 0 Å². The van der Waals surface area contributed by atoms with Gasteiger partial charge in [0.05, 0.1) is 6.61 Å². The maximum Gasteiger partial charge on any atom is 0.0684 e. The third-order valence-corrected chi connectivity index (χ3v) is 2.37. The Hall–Kier alpha value is -1.34. The average molecular weight is 172 g/mol. The lowest BCUT2D eigenvalue weighted by Crippen LogP contribution is -1.88. The fraction of sp³-hybridized carbons (Fsp3) is 0.167. The highest BCUT2D eigenvalue weighted by atomic mass is 16.3. The van der Waals surface area contributed by atoms with E-state index < -0.39 is 0 Å². The lowest BCUT2D eigenvalue weighted by atomic mass is 10.0. The van der Waals surface area contributed by atoms with Crippen LogP contribution in [0, 0.1) is 6.92 Å². The van der Waals surface area contributed by atoms with E-state index in [0.717, 1.165) is 11.1 Å². The molecule has 1 nitrogen and oxygen atoms in total. The lowest BCUT2D eigenvalue weighted by molar-refractivity contribution is 0.281. The molecule has 66 valence electrons. The van der Waals surface area contributed by atoms with Gasteiger partial charge in [0.15, 0.2) is 0 Å². The van der Waals surface area contributed by atoms with Gasteiger partial charge in [-0.2, -0.15) is 0 Å². The zero-order valence-corrected chi connectivity index (χ0v) is 7.62. The molecule has 0 aliphatic rings. The summed E-state index contributed by atoms with van der Waals surface area (Å²) >= 11 is 0. The predicted octanol–water partition coefficient (Wildman–Crippen LogP) is 2.64. The standard InChI is InChI=1S/C12H12O/c1-9-6-10-4-2-3-5-11(10)7-12(9)8-13/h2-7,13H,8H2,1H3. The molecule has 0 aromatic heterocycles. The Morgan fingerprint density at radius 1 is 1.08 bits per heavy atom. The molecule has 13 heavy (non-hydrogen) atoms. The molecular formula is C12H12O. The summed E-state index contributed by atoms with van der Waals surface area (Å²) in [5, 5.41) is 11.5. The fourth-order valence-electron chi connectivity index (χ4n) is 1.57. The molecule has 2 aromatic rings. The third kappa shape index (κ3) is 1.43. The van der Waals surface area contributed by atoms with Gasteiger partial charge in [-0.25, -0.2) is 0 Å². The van der Waals surface area contributed by atoms with Gasteiger partial charge in [0.2, 0.25) is 0 Å². The van der Waals surface area contributed by atoms with E-state index >= 15 is 0 Å². The van der Waals surface area contributed by atoms with Crippen molar-refractivity contribution < 1.29 is 5.11 Å². The molecule has 0 spiro atoms. The molecule has 0 bridgehead atoms. The molecule has 0 radical (unpaired) electrons. The van der Waals surface area contributed by atoms with Crippen LogP contribution in [0.15, 0.2) is 36.4 Å². The number of rotatable bonds is 1. The highest BCUT2D eigenvalue weighted by Crippen LogP contribution is 2.19. The van der Waals surface area contributed by atoms with E-state index in [2.05, 4.69) is 18.2 Å². The Morgan fingerprint density at radius 3 is 2.31 bits per heavy atom. The van der Waals surface area contributed by atoms with Crippen LogP contribution in [0.2, 0.25) is 0 Å². The molecule has 0 saturated heterocycles. The van der Waals surface area contributed by atoms with Crippen molar-refractivity contribution in [3.63, 3.8) is 0 Å². The number of aryl methyl sites for hydroxylation is 1. The topological polar surface area (TPSA) is 20.2 Å². The molecule has 1 heteroatoms. The van der Waals surface area contributed by atoms with Crippen LogP contribution >= 0.6 is 0 Å². The van der Waals surface area contributed by atoms with Gasteiger partial charge in [-0.3, -0.25) is 0 Å². The highest BCUT2D eigenvalue weighted by molar-refractivity contribution is 5.83. The molecule has 0 aliphatic carbocycles. The molecule has 1 N–H and O–H groups in total. The summed E-state index contributed by atoms with van der Waals surface area (Å²) in [7, 11) is 0. The van der Waals surface area contributed by atoms with E-state index in [1.165, 1.54) is 10.8 Å². The fourth-order valence-corrected chi connectivity index (χ4v) is 1.57. The first-order valence-corrected chi connectivity index (χ1v) is 4.40. The van der Waals surface area contributed by atoms with Gasteiger partial charge < -0.3 is 5.11 Å². The van der Waals surface area contributed by atoms with Gasteiger partial charge in [-0.05, 0) is 34.9 Å². The number of aliphatic hydroxyl groups is 1. The molecule has 0 atom stereocenters. The maximum atomic E-state index is 9.08.